The maximum Gasteiger partial charge on any atom is 0.225 e. The fourth-order valence-electron chi connectivity index (χ4n) is 2.21. The maximum absolute atomic E-state index is 6.16. The lowest BCUT2D eigenvalue weighted by Gasteiger charge is -2.20. The zero-order chi connectivity index (χ0) is 11.7. The first-order valence-corrected chi connectivity index (χ1v) is 6.61. The number of halogens is 1. The van der Waals surface area contributed by atoms with E-state index in [0.717, 1.165) is 18.2 Å². The summed E-state index contributed by atoms with van der Waals surface area (Å²) in [4.78, 5) is 0. The van der Waals surface area contributed by atoms with Crippen LogP contribution in [0, 0.1) is 5.92 Å². The SMILES string of the molecule is CCC(CC1CC1)n1c(Cl)nnc1C(C)C. The second-order valence-corrected chi connectivity index (χ2v) is 5.43. The van der Waals surface area contributed by atoms with Crippen molar-refractivity contribution >= 4 is 11.6 Å². The van der Waals surface area contributed by atoms with E-state index in [4.69, 9.17) is 11.6 Å². The van der Waals surface area contributed by atoms with Gasteiger partial charge in [0.2, 0.25) is 5.28 Å². The Bertz CT molecular complexity index is 355. The number of hydrogen-bond donors (Lipinski definition) is 0. The zero-order valence-corrected chi connectivity index (χ0v) is 11.0. The Hall–Kier alpha value is -0.570. The van der Waals surface area contributed by atoms with E-state index in [2.05, 4.69) is 35.5 Å². The molecule has 0 N–H and O–H groups in total. The van der Waals surface area contributed by atoms with Gasteiger partial charge in [0.1, 0.15) is 5.82 Å². The van der Waals surface area contributed by atoms with Crippen molar-refractivity contribution in [3.8, 4) is 0 Å². The number of aromatic nitrogens is 3. The van der Waals surface area contributed by atoms with Crippen LogP contribution in [0.5, 0.6) is 0 Å². The molecule has 4 heteroatoms. The second-order valence-electron chi connectivity index (χ2n) is 5.09. The van der Waals surface area contributed by atoms with E-state index in [1.165, 1.54) is 19.3 Å². The maximum atomic E-state index is 6.16. The van der Waals surface area contributed by atoms with Crippen LogP contribution in [0.25, 0.3) is 0 Å². The van der Waals surface area contributed by atoms with Gasteiger partial charge in [-0.15, -0.1) is 10.2 Å². The van der Waals surface area contributed by atoms with Gasteiger partial charge in [-0.3, -0.25) is 4.57 Å². The highest BCUT2D eigenvalue weighted by Gasteiger charge is 2.28. The molecule has 0 spiro atoms. The molecule has 1 heterocycles. The predicted octanol–water partition coefficient (Wildman–Crippen LogP) is 3.81. The van der Waals surface area contributed by atoms with Crippen LogP contribution in [0.2, 0.25) is 5.28 Å². The molecular formula is C12H20ClN3. The number of rotatable bonds is 5. The van der Waals surface area contributed by atoms with Crippen molar-refractivity contribution in [2.75, 3.05) is 0 Å². The average molecular weight is 242 g/mol. The fourth-order valence-corrected chi connectivity index (χ4v) is 2.47. The van der Waals surface area contributed by atoms with E-state index < -0.39 is 0 Å². The molecule has 0 bridgehead atoms. The second kappa shape index (κ2) is 4.74. The molecule has 0 aromatic carbocycles. The molecule has 0 amide bonds. The lowest BCUT2D eigenvalue weighted by Crippen LogP contribution is -2.13. The van der Waals surface area contributed by atoms with Gasteiger partial charge >= 0.3 is 0 Å². The van der Waals surface area contributed by atoms with Crippen LogP contribution < -0.4 is 0 Å². The van der Waals surface area contributed by atoms with Crippen molar-refractivity contribution < 1.29 is 0 Å². The lowest BCUT2D eigenvalue weighted by molar-refractivity contribution is 0.410. The van der Waals surface area contributed by atoms with E-state index >= 15 is 0 Å². The van der Waals surface area contributed by atoms with E-state index in [9.17, 15) is 0 Å². The van der Waals surface area contributed by atoms with Crippen molar-refractivity contribution in [3.05, 3.63) is 11.1 Å². The molecule has 1 saturated carbocycles. The lowest BCUT2D eigenvalue weighted by atomic mass is 10.1. The Morgan fingerprint density at radius 2 is 2.06 bits per heavy atom. The Balaban J connectivity index is 2.23. The molecule has 1 aliphatic rings. The molecule has 1 atom stereocenters. The number of nitrogens with zero attached hydrogens (tertiary/aromatic N) is 3. The average Bonchev–Trinajstić information content (AvgIpc) is 2.97. The molecule has 1 aliphatic carbocycles. The minimum atomic E-state index is 0.383. The van der Waals surface area contributed by atoms with Gasteiger partial charge in [0.15, 0.2) is 0 Å². The smallest absolute Gasteiger partial charge is 0.225 e. The van der Waals surface area contributed by atoms with Crippen molar-refractivity contribution in [1.29, 1.82) is 0 Å². The molecule has 1 aromatic heterocycles. The van der Waals surface area contributed by atoms with Gasteiger partial charge in [0.05, 0.1) is 0 Å². The first-order chi connectivity index (χ1) is 7.63. The summed E-state index contributed by atoms with van der Waals surface area (Å²) < 4.78 is 2.14. The summed E-state index contributed by atoms with van der Waals surface area (Å²) in [6.45, 7) is 6.49. The molecule has 1 fully saturated rings. The van der Waals surface area contributed by atoms with Crippen LogP contribution in [-0.4, -0.2) is 14.8 Å². The molecule has 0 aliphatic heterocycles. The molecule has 0 radical (unpaired) electrons. The van der Waals surface area contributed by atoms with Gasteiger partial charge < -0.3 is 0 Å². The minimum absolute atomic E-state index is 0.383. The first kappa shape index (κ1) is 11.9. The third kappa shape index (κ3) is 2.40. The van der Waals surface area contributed by atoms with Crippen LogP contribution in [0.3, 0.4) is 0 Å². The molecule has 0 saturated heterocycles. The van der Waals surface area contributed by atoms with E-state index in [1.807, 2.05) is 0 Å². The van der Waals surface area contributed by atoms with E-state index in [0.29, 0.717) is 17.2 Å². The van der Waals surface area contributed by atoms with Gasteiger partial charge in [-0.05, 0) is 30.4 Å². The molecule has 1 aromatic rings. The van der Waals surface area contributed by atoms with Crippen LogP contribution in [0.1, 0.15) is 64.2 Å². The van der Waals surface area contributed by atoms with Crippen molar-refractivity contribution in [2.45, 2.75) is 58.4 Å². The van der Waals surface area contributed by atoms with E-state index in [-0.39, 0.29) is 0 Å². The molecule has 16 heavy (non-hydrogen) atoms. The zero-order valence-electron chi connectivity index (χ0n) is 10.3. The predicted molar refractivity (Wildman–Crippen MR) is 65.8 cm³/mol. The van der Waals surface area contributed by atoms with Crippen LogP contribution in [0.15, 0.2) is 0 Å². The Kier molecular flexibility index (Phi) is 3.53. The number of hydrogen-bond acceptors (Lipinski definition) is 2. The molecule has 3 nitrogen and oxygen atoms in total. The highest BCUT2D eigenvalue weighted by Crippen LogP contribution is 2.39. The molecule has 90 valence electrons. The van der Waals surface area contributed by atoms with Crippen molar-refractivity contribution in [1.82, 2.24) is 14.8 Å². The third-order valence-corrected chi connectivity index (χ3v) is 3.59. The van der Waals surface area contributed by atoms with Gasteiger partial charge in [0, 0.05) is 12.0 Å². The van der Waals surface area contributed by atoms with Gasteiger partial charge in [-0.2, -0.15) is 0 Å². The van der Waals surface area contributed by atoms with E-state index in [1.54, 1.807) is 0 Å². The topological polar surface area (TPSA) is 30.7 Å². The van der Waals surface area contributed by atoms with Crippen LogP contribution in [0.4, 0.5) is 0 Å². The van der Waals surface area contributed by atoms with Crippen molar-refractivity contribution in [2.24, 2.45) is 5.92 Å². The quantitative estimate of drug-likeness (QED) is 0.785. The summed E-state index contributed by atoms with van der Waals surface area (Å²) in [5, 5.41) is 8.76. The van der Waals surface area contributed by atoms with Gasteiger partial charge in [0.25, 0.3) is 0 Å². The van der Waals surface area contributed by atoms with Crippen LogP contribution >= 0.6 is 11.6 Å². The summed E-state index contributed by atoms with van der Waals surface area (Å²) in [6, 6.07) is 0.479. The summed E-state index contributed by atoms with van der Waals surface area (Å²) in [5.74, 6) is 2.31. The fraction of sp³-hybridized carbons (Fsp3) is 0.833. The van der Waals surface area contributed by atoms with Crippen LogP contribution in [-0.2, 0) is 0 Å². The monoisotopic (exact) mass is 241 g/mol. The third-order valence-electron chi connectivity index (χ3n) is 3.34. The summed E-state index contributed by atoms with van der Waals surface area (Å²) in [7, 11) is 0. The summed E-state index contributed by atoms with van der Waals surface area (Å²) in [6.07, 6.45) is 5.10. The molecule has 2 rings (SSSR count). The van der Waals surface area contributed by atoms with Gasteiger partial charge in [-0.1, -0.05) is 33.6 Å². The Labute approximate surface area is 102 Å². The minimum Gasteiger partial charge on any atom is -0.298 e. The van der Waals surface area contributed by atoms with Crippen molar-refractivity contribution in [3.63, 3.8) is 0 Å². The highest BCUT2D eigenvalue weighted by atomic mass is 35.5. The normalized spacial score (nSPS) is 18.1. The summed E-state index contributed by atoms with van der Waals surface area (Å²) >= 11 is 6.16. The summed E-state index contributed by atoms with van der Waals surface area (Å²) in [5.41, 5.74) is 0. The Morgan fingerprint density at radius 3 is 2.56 bits per heavy atom. The highest BCUT2D eigenvalue weighted by molar-refractivity contribution is 6.28. The standard InChI is InChI=1S/C12H20ClN3/c1-4-10(7-9-5-6-9)16-11(8(2)3)14-15-12(16)13/h8-10H,4-7H2,1-3H3. The Morgan fingerprint density at radius 1 is 1.38 bits per heavy atom. The largest absolute Gasteiger partial charge is 0.298 e. The van der Waals surface area contributed by atoms with Gasteiger partial charge in [-0.25, -0.2) is 0 Å². The first-order valence-electron chi connectivity index (χ1n) is 6.23. The molecule has 1 unspecified atom stereocenters. The molecular weight excluding hydrogens is 222 g/mol.